The highest BCUT2D eigenvalue weighted by atomic mass is 32.2. The van der Waals surface area contributed by atoms with E-state index in [4.69, 9.17) is 0 Å². The third kappa shape index (κ3) is 5.23. The smallest absolute Gasteiger partial charge is 0.261 e. The largest absolute Gasteiger partial charge is 0.358 e. The average Bonchev–Trinajstić information content (AvgIpc) is 3.07. The number of hydrogen-bond donors (Lipinski definition) is 3. The van der Waals surface area contributed by atoms with Gasteiger partial charge in [0.05, 0.1) is 11.3 Å². The predicted octanol–water partition coefficient (Wildman–Crippen LogP) is 4.58. The second-order valence-corrected chi connectivity index (χ2v) is 9.65. The maximum Gasteiger partial charge on any atom is 0.261 e. The van der Waals surface area contributed by atoms with Crippen molar-refractivity contribution in [3.05, 3.63) is 94.9 Å². The highest BCUT2D eigenvalue weighted by Gasteiger charge is 2.14. The summed E-state index contributed by atoms with van der Waals surface area (Å²) < 4.78 is 40.3. The molecular weight excluding hydrogens is 441 g/mol. The number of halogens is 1. The van der Waals surface area contributed by atoms with Gasteiger partial charge in [0.2, 0.25) is 5.91 Å². The predicted molar refractivity (Wildman–Crippen MR) is 127 cm³/mol. The minimum atomic E-state index is -3.82. The number of benzene rings is 3. The van der Waals surface area contributed by atoms with Gasteiger partial charge in [-0.15, -0.1) is 0 Å². The van der Waals surface area contributed by atoms with E-state index in [0.29, 0.717) is 12.2 Å². The molecule has 0 bridgehead atoms. The number of aryl methyl sites for hydroxylation is 2. The van der Waals surface area contributed by atoms with Crippen molar-refractivity contribution in [2.75, 3.05) is 4.72 Å². The number of carbonyl (C=O) groups excluding carboxylic acids is 1. The van der Waals surface area contributed by atoms with Gasteiger partial charge in [-0.05, 0) is 79.1 Å². The average molecular weight is 466 g/mol. The van der Waals surface area contributed by atoms with Crippen LogP contribution in [0.4, 0.5) is 10.1 Å². The van der Waals surface area contributed by atoms with E-state index in [1.54, 1.807) is 24.3 Å². The summed E-state index contributed by atoms with van der Waals surface area (Å²) in [4.78, 5) is 15.7. The lowest BCUT2D eigenvalue weighted by molar-refractivity contribution is -0.120. The van der Waals surface area contributed by atoms with Gasteiger partial charge in [-0.1, -0.05) is 18.2 Å². The molecule has 1 amide bonds. The molecule has 33 heavy (non-hydrogen) atoms. The van der Waals surface area contributed by atoms with Crippen molar-refractivity contribution < 1.29 is 17.6 Å². The van der Waals surface area contributed by atoms with Crippen LogP contribution in [0.5, 0.6) is 0 Å². The topological polar surface area (TPSA) is 91.1 Å². The van der Waals surface area contributed by atoms with Gasteiger partial charge >= 0.3 is 0 Å². The molecule has 4 rings (SSSR count). The van der Waals surface area contributed by atoms with Gasteiger partial charge in [0.1, 0.15) is 5.82 Å². The number of rotatable bonds is 7. The number of aromatic amines is 1. The molecule has 0 saturated heterocycles. The van der Waals surface area contributed by atoms with Crippen LogP contribution in [0.15, 0.2) is 71.6 Å². The summed E-state index contributed by atoms with van der Waals surface area (Å²) in [6.07, 6.45) is 0.176. The van der Waals surface area contributed by atoms with Crippen LogP contribution in [0, 0.1) is 19.7 Å². The zero-order chi connectivity index (χ0) is 23.6. The summed E-state index contributed by atoms with van der Waals surface area (Å²) in [5.74, 6) is -0.636. The zero-order valence-corrected chi connectivity index (χ0v) is 19.1. The van der Waals surface area contributed by atoms with E-state index >= 15 is 0 Å². The van der Waals surface area contributed by atoms with Crippen LogP contribution < -0.4 is 10.0 Å². The quantitative estimate of drug-likeness (QED) is 0.373. The molecule has 0 fully saturated rings. The zero-order valence-electron chi connectivity index (χ0n) is 18.3. The molecule has 0 atom stereocenters. The van der Waals surface area contributed by atoms with Crippen molar-refractivity contribution in [3.63, 3.8) is 0 Å². The van der Waals surface area contributed by atoms with Gasteiger partial charge in [-0.3, -0.25) is 9.52 Å². The molecule has 8 heteroatoms. The Morgan fingerprint density at radius 2 is 1.61 bits per heavy atom. The Kier molecular flexibility index (Phi) is 6.20. The van der Waals surface area contributed by atoms with Crippen molar-refractivity contribution >= 4 is 32.5 Å². The molecule has 0 spiro atoms. The number of aromatic nitrogens is 1. The molecular formula is C25H24FN3O3S. The van der Waals surface area contributed by atoms with Crippen LogP contribution in [0.25, 0.3) is 10.9 Å². The standard InChI is InChI=1S/C25H24FN3O3S/c1-16-17(2)28-24-12-5-19(13-23(16)24)15-27-25(30)14-18-3-8-21(9-4-18)29-33(31,32)22-10-6-20(26)7-11-22/h3-13,28-29H,14-15H2,1-2H3,(H,27,30). The number of sulfonamides is 1. The van der Waals surface area contributed by atoms with E-state index < -0.39 is 15.8 Å². The Morgan fingerprint density at radius 3 is 2.30 bits per heavy atom. The Labute approximate surface area is 191 Å². The summed E-state index contributed by atoms with van der Waals surface area (Å²) in [6, 6.07) is 17.2. The van der Waals surface area contributed by atoms with Crippen LogP contribution >= 0.6 is 0 Å². The van der Waals surface area contributed by atoms with Gasteiger partial charge in [-0.2, -0.15) is 0 Å². The molecule has 4 aromatic rings. The van der Waals surface area contributed by atoms with Crippen LogP contribution in [-0.4, -0.2) is 19.3 Å². The summed E-state index contributed by atoms with van der Waals surface area (Å²) in [5.41, 5.74) is 5.54. The molecule has 6 nitrogen and oxygen atoms in total. The summed E-state index contributed by atoms with van der Waals surface area (Å²) in [6.45, 7) is 4.53. The monoisotopic (exact) mass is 465 g/mol. The first kappa shape index (κ1) is 22.5. The number of hydrogen-bond acceptors (Lipinski definition) is 3. The first-order valence-corrected chi connectivity index (χ1v) is 11.9. The van der Waals surface area contributed by atoms with Crippen LogP contribution in [0.1, 0.15) is 22.4 Å². The van der Waals surface area contributed by atoms with Gasteiger partial charge in [0.15, 0.2) is 0 Å². The minimum Gasteiger partial charge on any atom is -0.358 e. The summed E-state index contributed by atoms with van der Waals surface area (Å²) >= 11 is 0. The number of H-pyrrole nitrogens is 1. The molecule has 0 radical (unpaired) electrons. The second-order valence-electron chi connectivity index (χ2n) is 7.96. The van der Waals surface area contributed by atoms with Gasteiger partial charge in [0, 0.05) is 28.8 Å². The van der Waals surface area contributed by atoms with E-state index in [-0.39, 0.29) is 17.2 Å². The number of carbonyl (C=O) groups is 1. The van der Waals surface area contributed by atoms with Crippen molar-refractivity contribution in [2.45, 2.75) is 31.7 Å². The molecule has 0 aliphatic carbocycles. The first-order chi connectivity index (χ1) is 15.7. The van der Waals surface area contributed by atoms with E-state index in [2.05, 4.69) is 28.0 Å². The number of nitrogens with one attached hydrogen (secondary N) is 3. The SMILES string of the molecule is Cc1[nH]c2ccc(CNC(=O)Cc3ccc(NS(=O)(=O)c4ccc(F)cc4)cc3)cc2c1C. The highest BCUT2D eigenvalue weighted by Crippen LogP contribution is 2.22. The summed E-state index contributed by atoms with van der Waals surface area (Å²) in [7, 11) is -3.82. The van der Waals surface area contributed by atoms with Crippen molar-refractivity contribution in [1.29, 1.82) is 0 Å². The molecule has 0 aliphatic rings. The van der Waals surface area contributed by atoms with Gasteiger partial charge in [-0.25, -0.2) is 12.8 Å². The van der Waals surface area contributed by atoms with Crippen LogP contribution in [-0.2, 0) is 27.8 Å². The fraction of sp³-hybridized carbons (Fsp3) is 0.160. The number of amides is 1. The van der Waals surface area contributed by atoms with Crippen molar-refractivity contribution in [1.82, 2.24) is 10.3 Å². The molecule has 3 aromatic carbocycles. The third-order valence-electron chi connectivity index (χ3n) is 5.56. The highest BCUT2D eigenvalue weighted by molar-refractivity contribution is 7.92. The van der Waals surface area contributed by atoms with Gasteiger partial charge in [0.25, 0.3) is 10.0 Å². The molecule has 3 N–H and O–H groups in total. The van der Waals surface area contributed by atoms with Crippen LogP contribution in [0.2, 0.25) is 0 Å². The van der Waals surface area contributed by atoms with Crippen LogP contribution in [0.3, 0.4) is 0 Å². The first-order valence-electron chi connectivity index (χ1n) is 10.4. The fourth-order valence-corrected chi connectivity index (χ4v) is 4.64. The maximum atomic E-state index is 13.0. The van der Waals surface area contributed by atoms with E-state index in [0.717, 1.165) is 39.9 Å². The minimum absolute atomic E-state index is 0.0319. The van der Waals surface area contributed by atoms with Crippen molar-refractivity contribution in [2.24, 2.45) is 0 Å². The lowest BCUT2D eigenvalue weighted by Gasteiger charge is -2.09. The molecule has 0 aliphatic heterocycles. The lowest BCUT2D eigenvalue weighted by Crippen LogP contribution is -2.24. The third-order valence-corrected chi connectivity index (χ3v) is 6.95. The fourth-order valence-electron chi connectivity index (χ4n) is 3.59. The Hall–Kier alpha value is -3.65. The Balaban J connectivity index is 1.34. The lowest BCUT2D eigenvalue weighted by atomic mass is 10.1. The molecule has 0 saturated carbocycles. The van der Waals surface area contributed by atoms with E-state index in [9.17, 15) is 17.6 Å². The molecule has 1 heterocycles. The van der Waals surface area contributed by atoms with E-state index in [1.807, 2.05) is 19.1 Å². The number of fused-ring (bicyclic) bond motifs is 1. The second kappa shape index (κ2) is 9.07. The summed E-state index contributed by atoms with van der Waals surface area (Å²) in [5, 5.41) is 4.08. The molecule has 1 aromatic heterocycles. The Bertz CT molecular complexity index is 1410. The number of anilines is 1. The maximum absolute atomic E-state index is 13.0. The Morgan fingerprint density at radius 1 is 0.939 bits per heavy atom. The van der Waals surface area contributed by atoms with Crippen molar-refractivity contribution in [3.8, 4) is 0 Å². The van der Waals surface area contributed by atoms with Gasteiger partial charge < -0.3 is 10.3 Å². The van der Waals surface area contributed by atoms with E-state index in [1.165, 1.54) is 17.7 Å². The molecule has 170 valence electrons. The molecule has 0 unspecified atom stereocenters. The normalized spacial score (nSPS) is 11.5.